The maximum Gasteiger partial charge on any atom is 0.280 e. The molecule has 1 aliphatic heterocycles. The van der Waals surface area contributed by atoms with Crippen LogP contribution in [0.3, 0.4) is 0 Å². The summed E-state index contributed by atoms with van der Waals surface area (Å²) in [7, 11) is 0. The van der Waals surface area contributed by atoms with Crippen LogP contribution in [0.2, 0.25) is 0 Å². The maximum atomic E-state index is 12.7. The summed E-state index contributed by atoms with van der Waals surface area (Å²) in [6, 6.07) is 2.99. The normalized spacial score (nSPS) is 25.5. The predicted molar refractivity (Wildman–Crippen MR) is 116 cm³/mol. The standard InChI is InChI=1S/C22H26F2N6O4/c1-11-16(31)17(32)21(34-11)30-19-15(29-22(30)28-13-4-2-3-5-13)20(27-10-26-19)33-9-12-6-7-14(18(23)24)25-8-12/h6-8,10-11,13,16-18,21,31-32H,2-5,9H2,1H3,(H,28,29)/t11-,16-,17-,21-/m1/s1. The molecule has 1 aliphatic carbocycles. The number of halogens is 2. The highest BCUT2D eigenvalue weighted by atomic mass is 19.3. The van der Waals surface area contributed by atoms with Crippen LogP contribution in [0.4, 0.5) is 14.7 Å². The monoisotopic (exact) mass is 476 g/mol. The van der Waals surface area contributed by atoms with Crippen LogP contribution in [0, 0.1) is 0 Å². The molecule has 3 aromatic heterocycles. The van der Waals surface area contributed by atoms with E-state index in [4.69, 9.17) is 9.47 Å². The molecule has 2 aliphatic rings. The average molecular weight is 476 g/mol. The summed E-state index contributed by atoms with van der Waals surface area (Å²) in [5, 5.41) is 24.3. The van der Waals surface area contributed by atoms with Gasteiger partial charge in [0.25, 0.3) is 6.43 Å². The van der Waals surface area contributed by atoms with Gasteiger partial charge in [-0.15, -0.1) is 0 Å². The second-order valence-electron chi connectivity index (χ2n) is 8.68. The van der Waals surface area contributed by atoms with Gasteiger partial charge in [0.15, 0.2) is 17.4 Å². The lowest BCUT2D eigenvalue weighted by Gasteiger charge is -2.21. The summed E-state index contributed by atoms with van der Waals surface area (Å²) in [5.74, 6) is 0.637. The van der Waals surface area contributed by atoms with E-state index in [-0.39, 0.29) is 24.2 Å². The minimum absolute atomic E-state index is 0.0409. The summed E-state index contributed by atoms with van der Waals surface area (Å²) >= 11 is 0. The number of anilines is 1. The van der Waals surface area contributed by atoms with Gasteiger partial charge >= 0.3 is 0 Å². The Balaban J connectivity index is 1.47. The Bertz CT molecular complexity index is 1140. The number of aliphatic hydroxyl groups is 2. The molecule has 4 atom stereocenters. The van der Waals surface area contributed by atoms with Crippen LogP contribution in [0.5, 0.6) is 5.88 Å². The third-order valence-electron chi connectivity index (χ3n) is 6.31. The molecule has 0 bridgehead atoms. The molecular formula is C22H26F2N6O4. The smallest absolute Gasteiger partial charge is 0.280 e. The van der Waals surface area contributed by atoms with E-state index in [9.17, 15) is 19.0 Å². The van der Waals surface area contributed by atoms with Crippen LogP contribution in [0.1, 0.15) is 56.5 Å². The average Bonchev–Trinajstić information content (AvgIpc) is 3.53. The number of hydrogen-bond donors (Lipinski definition) is 3. The van der Waals surface area contributed by atoms with Gasteiger partial charge in [-0.1, -0.05) is 18.9 Å². The van der Waals surface area contributed by atoms with Crippen molar-refractivity contribution in [3.63, 3.8) is 0 Å². The van der Waals surface area contributed by atoms with Crippen LogP contribution in [-0.2, 0) is 11.3 Å². The van der Waals surface area contributed by atoms with Crippen molar-refractivity contribution in [2.24, 2.45) is 0 Å². The first-order chi connectivity index (χ1) is 16.4. The maximum absolute atomic E-state index is 12.7. The SMILES string of the molecule is C[C@H]1O[C@@H](n2c(NC3CCCC3)nc3c(OCc4ccc(C(F)F)nc4)ncnc32)[C@H](O)[C@@H]1O. The van der Waals surface area contributed by atoms with Crippen molar-refractivity contribution in [1.29, 1.82) is 0 Å². The Morgan fingerprint density at radius 2 is 1.97 bits per heavy atom. The lowest BCUT2D eigenvalue weighted by Crippen LogP contribution is -2.31. The molecule has 12 heteroatoms. The summed E-state index contributed by atoms with van der Waals surface area (Å²) in [4.78, 5) is 17.0. The molecule has 1 saturated carbocycles. The molecule has 5 rings (SSSR count). The van der Waals surface area contributed by atoms with E-state index in [1.54, 1.807) is 11.5 Å². The van der Waals surface area contributed by atoms with Crippen molar-refractivity contribution < 1.29 is 28.5 Å². The number of alkyl halides is 2. The molecule has 3 N–H and O–H groups in total. The van der Waals surface area contributed by atoms with Crippen molar-refractivity contribution in [3.05, 3.63) is 35.9 Å². The second-order valence-corrected chi connectivity index (χ2v) is 8.68. The highest BCUT2D eigenvalue weighted by Crippen LogP contribution is 2.37. The number of ether oxygens (including phenoxy) is 2. The van der Waals surface area contributed by atoms with Gasteiger partial charge in [0.2, 0.25) is 11.8 Å². The van der Waals surface area contributed by atoms with Crippen molar-refractivity contribution >= 4 is 17.1 Å². The number of rotatable bonds is 7. The number of aromatic nitrogens is 5. The summed E-state index contributed by atoms with van der Waals surface area (Å²) < 4.78 is 38.8. The van der Waals surface area contributed by atoms with Gasteiger partial charge in [-0.05, 0) is 25.8 Å². The van der Waals surface area contributed by atoms with Gasteiger partial charge in [0.1, 0.15) is 30.8 Å². The number of imidazole rings is 1. The molecule has 2 fully saturated rings. The van der Waals surface area contributed by atoms with Crippen molar-refractivity contribution in [2.75, 3.05) is 5.32 Å². The minimum Gasteiger partial charge on any atom is -0.471 e. The van der Waals surface area contributed by atoms with Gasteiger partial charge in [0.05, 0.1) is 6.10 Å². The number of nitrogens with zero attached hydrogens (tertiary/aromatic N) is 5. The quantitative estimate of drug-likeness (QED) is 0.472. The fourth-order valence-corrected chi connectivity index (χ4v) is 4.43. The highest BCUT2D eigenvalue weighted by Gasteiger charge is 2.43. The van der Waals surface area contributed by atoms with E-state index in [2.05, 4.69) is 25.3 Å². The van der Waals surface area contributed by atoms with E-state index in [1.807, 2.05) is 0 Å². The van der Waals surface area contributed by atoms with Crippen molar-refractivity contribution in [2.45, 2.75) is 76.2 Å². The molecule has 1 saturated heterocycles. The van der Waals surface area contributed by atoms with Crippen LogP contribution < -0.4 is 10.1 Å². The van der Waals surface area contributed by atoms with Crippen LogP contribution in [0.25, 0.3) is 11.2 Å². The molecule has 4 heterocycles. The Morgan fingerprint density at radius 1 is 1.18 bits per heavy atom. The molecule has 0 spiro atoms. The van der Waals surface area contributed by atoms with E-state index < -0.39 is 31.0 Å². The first-order valence-corrected chi connectivity index (χ1v) is 11.3. The Labute approximate surface area is 194 Å². The first kappa shape index (κ1) is 22.8. The van der Waals surface area contributed by atoms with Gasteiger partial charge < -0.3 is 25.0 Å². The van der Waals surface area contributed by atoms with Crippen LogP contribution in [-0.4, -0.2) is 59.1 Å². The van der Waals surface area contributed by atoms with Crippen molar-refractivity contribution in [1.82, 2.24) is 24.5 Å². The highest BCUT2D eigenvalue weighted by molar-refractivity contribution is 5.79. The number of fused-ring (bicyclic) bond motifs is 1. The second kappa shape index (κ2) is 9.35. The van der Waals surface area contributed by atoms with E-state index in [0.717, 1.165) is 25.7 Å². The summed E-state index contributed by atoms with van der Waals surface area (Å²) in [5.41, 5.74) is 1.01. The molecule has 3 aromatic rings. The van der Waals surface area contributed by atoms with Crippen LogP contribution >= 0.6 is 0 Å². The van der Waals surface area contributed by atoms with Crippen molar-refractivity contribution in [3.8, 4) is 5.88 Å². The van der Waals surface area contributed by atoms with Gasteiger partial charge in [0, 0.05) is 17.8 Å². The molecule has 0 unspecified atom stereocenters. The number of pyridine rings is 1. The zero-order valence-corrected chi connectivity index (χ0v) is 18.5. The molecule has 0 aromatic carbocycles. The van der Waals surface area contributed by atoms with Crippen LogP contribution in [0.15, 0.2) is 24.7 Å². The molecule has 0 amide bonds. The minimum atomic E-state index is -2.64. The third-order valence-corrected chi connectivity index (χ3v) is 6.31. The lowest BCUT2D eigenvalue weighted by atomic mass is 10.1. The Hall–Kier alpha value is -2.96. The Kier molecular flexibility index (Phi) is 6.28. The topological polar surface area (TPSA) is 127 Å². The zero-order chi connectivity index (χ0) is 23.8. The van der Waals surface area contributed by atoms with E-state index >= 15 is 0 Å². The van der Waals surface area contributed by atoms with Gasteiger partial charge in [-0.25, -0.2) is 18.7 Å². The molecule has 34 heavy (non-hydrogen) atoms. The number of nitrogens with one attached hydrogen (secondary N) is 1. The van der Waals surface area contributed by atoms with E-state index in [1.165, 1.54) is 24.7 Å². The number of hydrogen-bond acceptors (Lipinski definition) is 9. The fourth-order valence-electron chi connectivity index (χ4n) is 4.43. The summed E-state index contributed by atoms with van der Waals surface area (Å²) in [6.45, 7) is 1.73. The Morgan fingerprint density at radius 3 is 2.62 bits per heavy atom. The lowest BCUT2D eigenvalue weighted by molar-refractivity contribution is -0.0287. The fraction of sp³-hybridized carbons (Fsp3) is 0.545. The first-order valence-electron chi connectivity index (χ1n) is 11.3. The van der Waals surface area contributed by atoms with Gasteiger partial charge in [-0.2, -0.15) is 4.98 Å². The van der Waals surface area contributed by atoms with Gasteiger partial charge in [-0.3, -0.25) is 9.55 Å². The summed E-state index contributed by atoms with van der Waals surface area (Å²) in [6.07, 6.45) is 0.529. The molecular weight excluding hydrogens is 450 g/mol. The largest absolute Gasteiger partial charge is 0.471 e. The molecule has 182 valence electrons. The zero-order valence-electron chi connectivity index (χ0n) is 18.5. The third kappa shape index (κ3) is 4.28. The molecule has 10 nitrogen and oxygen atoms in total. The number of aliphatic hydroxyl groups excluding tert-OH is 2. The molecule has 0 radical (unpaired) electrons. The van der Waals surface area contributed by atoms with E-state index in [0.29, 0.717) is 22.7 Å². The predicted octanol–water partition coefficient (Wildman–Crippen LogP) is 2.73.